The average Bonchev–Trinajstić information content (AvgIpc) is 3.23. The van der Waals surface area contributed by atoms with E-state index in [0.29, 0.717) is 30.2 Å². The molecule has 2 N–H and O–H groups in total. The van der Waals surface area contributed by atoms with Crippen LogP contribution in [0.15, 0.2) is 59.8 Å². The molecule has 1 aliphatic rings. The quantitative estimate of drug-likeness (QED) is 0.701. The summed E-state index contributed by atoms with van der Waals surface area (Å²) in [6.07, 6.45) is -0.290. The number of nitrogens with one attached hydrogen (secondary N) is 2. The number of rotatable bonds is 8. The number of halogens is 1. The smallest absolute Gasteiger partial charge is 0.265 e. The minimum Gasteiger partial charge on any atom is -0.382 e. The van der Waals surface area contributed by atoms with E-state index in [9.17, 15) is 14.0 Å². The van der Waals surface area contributed by atoms with Crippen LogP contribution in [-0.2, 0) is 20.8 Å². The van der Waals surface area contributed by atoms with Crippen molar-refractivity contribution in [2.24, 2.45) is 11.1 Å². The highest BCUT2D eigenvalue weighted by molar-refractivity contribution is 6.04. The van der Waals surface area contributed by atoms with Gasteiger partial charge in [0.25, 0.3) is 5.91 Å². The molecule has 0 aliphatic carbocycles. The second-order valence-electron chi connectivity index (χ2n) is 7.74. The van der Waals surface area contributed by atoms with Gasteiger partial charge in [-0.15, -0.1) is 0 Å². The second-order valence-corrected chi connectivity index (χ2v) is 7.74. The Morgan fingerprint density at radius 1 is 1.17 bits per heavy atom. The summed E-state index contributed by atoms with van der Waals surface area (Å²) < 4.78 is 13.5. The zero-order valence-corrected chi connectivity index (χ0v) is 17.1. The molecule has 2 aromatic rings. The predicted molar refractivity (Wildman–Crippen MR) is 112 cm³/mol. The van der Waals surface area contributed by atoms with Gasteiger partial charge in [-0.3, -0.25) is 9.59 Å². The third-order valence-corrected chi connectivity index (χ3v) is 4.72. The normalized spacial score (nSPS) is 16.5. The number of hydrogen-bond donors (Lipinski definition) is 2. The zero-order chi connectivity index (χ0) is 21.5. The largest absolute Gasteiger partial charge is 0.382 e. The number of benzene rings is 2. The summed E-state index contributed by atoms with van der Waals surface area (Å²) in [7, 11) is 0. The summed E-state index contributed by atoms with van der Waals surface area (Å²) >= 11 is 0. The van der Waals surface area contributed by atoms with Crippen LogP contribution < -0.4 is 10.6 Å². The SMILES string of the molecule is CC(C)CNC(=O)[C@H](Cc1ccccc1)NC(=O)[C@H]1CC(c2cccc(F)c2)=NO1. The third-order valence-electron chi connectivity index (χ3n) is 4.72. The molecule has 2 aromatic carbocycles. The molecule has 7 heteroatoms. The van der Waals surface area contributed by atoms with Gasteiger partial charge in [0.15, 0.2) is 0 Å². The van der Waals surface area contributed by atoms with Gasteiger partial charge in [0.2, 0.25) is 12.0 Å². The molecule has 0 fully saturated rings. The summed E-state index contributed by atoms with van der Waals surface area (Å²) in [6.45, 7) is 4.53. The van der Waals surface area contributed by atoms with Crippen LogP contribution in [0.5, 0.6) is 0 Å². The van der Waals surface area contributed by atoms with Crippen molar-refractivity contribution in [1.82, 2.24) is 10.6 Å². The fourth-order valence-electron chi connectivity index (χ4n) is 3.11. The molecule has 1 heterocycles. The van der Waals surface area contributed by atoms with Gasteiger partial charge in [0.05, 0.1) is 5.71 Å². The fraction of sp³-hybridized carbons (Fsp3) is 0.348. The Morgan fingerprint density at radius 2 is 1.93 bits per heavy atom. The van der Waals surface area contributed by atoms with Gasteiger partial charge < -0.3 is 15.5 Å². The highest BCUT2D eigenvalue weighted by atomic mass is 19.1. The third kappa shape index (κ3) is 5.89. The van der Waals surface area contributed by atoms with Gasteiger partial charge in [-0.2, -0.15) is 0 Å². The van der Waals surface area contributed by atoms with E-state index < -0.39 is 18.1 Å². The Kier molecular flexibility index (Phi) is 7.17. The molecule has 0 bridgehead atoms. The fourth-order valence-corrected chi connectivity index (χ4v) is 3.11. The minimum absolute atomic E-state index is 0.209. The predicted octanol–water partition coefficient (Wildman–Crippen LogP) is 2.82. The van der Waals surface area contributed by atoms with Crippen LogP contribution in [0.2, 0.25) is 0 Å². The van der Waals surface area contributed by atoms with Gasteiger partial charge in [-0.25, -0.2) is 4.39 Å². The molecule has 6 nitrogen and oxygen atoms in total. The van der Waals surface area contributed by atoms with Crippen LogP contribution in [-0.4, -0.2) is 36.2 Å². The second kappa shape index (κ2) is 10.0. The lowest BCUT2D eigenvalue weighted by Gasteiger charge is -2.20. The highest BCUT2D eigenvalue weighted by Crippen LogP contribution is 2.18. The molecule has 0 radical (unpaired) electrons. The van der Waals surface area contributed by atoms with Crippen LogP contribution in [0.25, 0.3) is 0 Å². The lowest BCUT2D eigenvalue weighted by atomic mass is 10.0. The molecular formula is C23H26FN3O3. The van der Waals surface area contributed by atoms with E-state index in [1.54, 1.807) is 12.1 Å². The van der Waals surface area contributed by atoms with Crippen LogP contribution in [0.4, 0.5) is 4.39 Å². The summed E-state index contributed by atoms with van der Waals surface area (Å²) in [5.74, 6) is -0.758. The van der Waals surface area contributed by atoms with Crippen LogP contribution in [0, 0.1) is 11.7 Å². The van der Waals surface area contributed by atoms with E-state index in [2.05, 4.69) is 15.8 Å². The molecule has 30 heavy (non-hydrogen) atoms. The first-order valence-electron chi connectivity index (χ1n) is 10.0. The molecule has 0 saturated heterocycles. The molecular weight excluding hydrogens is 385 g/mol. The lowest BCUT2D eigenvalue weighted by molar-refractivity contribution is -0.135. The minimum atomic E-state index is -0.862. The van der Waals surface area contributed by atoms with E-state index in [-0.39, 0.29) is 18.1 Å². The molecule has 158 valence electrons. The van der Waals surface area contributed by atoms with E-state index in [4.69, 9.17) is 4.84 Å². The average molecular weight is 411 g/mol. The summed E-state index contributed by atoms with van der Waals surface area (Å²) in [6, 6.07) is 14.7. The van der Waals surface area contributed by atoms with Gasteiger partial charge in [-0.1, -0.05) is 61.5 Å². The van der Waals surface area contributed by atoms with Crippen molar-refractivity contribution in [1.29, 1.82) is 0 Å². The first kappa shape index (κ1) is 21.5. The number of amides is 2. The van der Waals surface area contributed by atoms with Crippen molar-refractivity contribution < 1.29 is 18.8 Å². The maximum atomic E-state index is 13.5. The number of carbonyl (C=O) groups is 2. The van der Waals surface area contributed by atoms with Crippen molar-refractivity contribution in [3.8, 4) is 0 Å². The maximum Gasteiger partial charge on any atom is 0.265 e. The monoisotopic (exact) mass is 411 g/mol. The molecule has 1 aliphatic heterocycles. The topological polar surface area (TPSA) is 79.8 Å². The summed E-state index contributed by atoms with van der Waals surface area (Å²) in [5.41, 5.74) is 2.01. The van der Waals surface area contributed by atoms with Crippen molar-refractivity contribution in [2.75, 3.05) is 6.54 Å². The van der Waals surface area contributed by atoms with Crippen molar-refractivity contribution in [3.63, 3.8) is 0 Å². The zero-order valence-electron chi connectivity index (χ0n) is 17.1. The molecule has 0 saturated carbocycles. The van der Waals surface area contributed by atoms with Crippen LogP contribution in [0.1, 0.15) is 31.4 Å². The summed E-state index contributed by atoms with van der Waals surface area (Å²) in [4.78, 5) is 30.7. The Labute approximate surface area is 175 Å². The lowest BCUT2D eigenvalue weighted by Crippen LogP contribution is -2.51. The summed E-state index contributed by atoms with van der Waals surface area (Å²) in [5, 5.41) is 9.60. The molecule has 0 unspecified atom stereocenters. The number of hydrogen-bond acceptors (Lipinski definition) is 4. The first-order chi connectivity index (χ1) is 14.4. The van der Waals surface area contributed by atoms with Crippen molar-refractivity contribution in [2.45, 2.75) is 38.8 Å². The van der Waals surface area contributed by atoms with Gasteiger partial charge in [0, 0.05) is 24.9 Å². The van der Waals surface area contributed by atoms with E-state index >= 15 is 0 Å². The number of carbonyl (C=O) groups excluding carboxylic acids is 2. The highest BCUT2D eigenvalue weighted by Gasteiger charge is 2.32. The molecule has 2 atom stereocenters. The van der Waals surface area contributed by atoms with Gasteiger partial charge in [0.1, 0.15) is 11.9 Å². The molecule has 0 aromatic heterocycles. The molecule has 0 spiro atoms. The van der Waals surface area contributed by atoms with E-state index in [1.165, 1.54) is 12.1 Å². The number of oxime groups is 1. The van der Waals surface area contributed by atoms with Crippen molar-refractivity contribution >= 4 is 17.5 Å². The Bertz CT molecular complexity index is 915. The van der Waals surface area contributed by atoms with Crippen LogP contribution in [0.3, 0.4) is 0 Å². The molecule has 3 rings (SSSR count). The van der Waals surface area contributed by atoms with Crippen molar-refractivity contribution in [3.05, 3.63) is 71.5 Å². The van der Waals surface area contributed by atoms with Crippen LogP contribution >= 0.6 is 0 Å². The Hall–Kier alpha value is -3.22. The van der Waals surface area contributed by atoms with E-state index in [1.807, 2.05) is 44.2 Å². The van der Waals surface area contributed by atoms with E-state index in [0.717, 1.165) is 5.56 Å². The maximum absolute atomic E-state index is 13.5. The first-order valence-corrected chi connectivity index (χ1v) is 10.0. The Balaban J connectivity index is 1.64. The van der Waals surface area contributed by atoms with Gasteiger partial charge >= 0.3 is 0 Å². The Morgan fingerprint density at radius 3 is 2.63 bits per heavy atom. The number of nitrogens with zero attached hydrogens (tertiary/aromatic N) is 1. The van der Waals surface area contributed by atoms with Gasteiger partial charge in [-0.05, 0) is 23.6 Å². The molecule has 2 amide bonds. The standard InChI is InChI=1S/C23H26FN3O3/c1-15(2)14-25-22(28)20(11-16-7-4-3-5-8-16)26-23(29)21-13-19(27-30-21)17-9-6-10-18(24)12-17/h3-10,12,15,20-21H,11,13-14H2,1-2H3,(H,25,28)(H,26,29)/t20-,21+/m0/s1.